The topological polar surface area (TPSA) is 366 Å². The Labute approximate surface area is 415 Å². The maximum absolute atomic E-state index is 12.3. The van der Waals surface area contributed by atoms with Crippen LogP contribution in [0.3, 0.4) is 0 Å². The van der Waals surface area contributed by atoms with E-state index < -0.39 is 78.7 Å². The summed E-state index contributed by atoms with van der Waals surface area (Å²) in [7, 11) is 0. The van der Waals surface area contributed by atoms with Crippen molar-refractivity contribution in [3.8, 4) is 0 Å². The van der Waals surface area contributed by atoms with Gasteiger partial charge in [0.15, 0.2) is 6.29 Å². The lowest BCUT2D eigenvalue weighted by Gasteiger charge is -2.17. The van der Waals surface area contributed by atoms with E-state index in [-0.39, 0.29) is 135 Å². The minimum Gasteiger partial charge on any atom is -0.481 e. The number of rotatable bonds is 50. The maximum atomic E-state index is 12.3. The van der Waals surface area contributed by atoms with E-state index in [1.807, 2.05) is 0 Å². The third-order valence-corrected chi connectivity index (χ3v) is 10.6. The molecule has 0 aliphatic carbocycles. The van der Waals surface area contributed by atoms with Crippen LogP contribution in [0.4, 0.5) is 0 Å². The Hall–Kier alpha value is -5.59. The van der Waals surface area contributed by atoms with E-state index in [1.54, 1.807) is 6.29 Å². The summed E-state index contributed by atoms with van der Waals surface area (Å²) < 4.78 is 21.1. The summed E-state index contributed by atoms with van der Waals surface area (Å²) >= 11 is 0. The molecule has 0 rings (SSSR count). The quantitative estimate of drug-likeness (QED) is 0.0392. The zero-order valence-corrected chi connectivity index (χ0v) is 41.0. The molecular formula is C47H78N5O19. The predicted octanol–water partition coefficient (Wildman–Crippen LogP) is 1.73. The summed E-state index contributed by atoms with van der Waals surface area (Å²) in [5.74, 6) is -7.80. The molecule has 0 heterocycles. The molecule has 24 nitrogen and oxygen atoms in total. The minimum atomic E-state index is -1.47. The van der Waals surface area contributed by atoms with Crippen LogP contribution in [-0.2, 0) is 71.7 Å². The van der Waals surface area contributed by atoms with Gasteiger partial charge in [0, 0.05) is 58.0 Å². The smallest absolute Gasteiger partial charge is 0.326 e. The van der Waals surface area contributed by atoms with Gasteiger partial charge in [0.2, 0.25) is 29.5 Å². The lowest BCUT2D eigenvalue weighted by Crippen LogP contribution is -2.45. The van der Waals surface area contributed by atoms with E-state index >= 15 is 0 Å². The second-order valence-corrected chi connectivity index (χ2v) is 16.7. The van der Waals surface area contributed by atoms with Gasteiger partial charge in [0.05, 0.1) is 39.6 Å². The fourth-order valence-electron chi connectivity index (χ4n) is 6.64. The standard InChI is InChI=1S/C47H78N5O19/c53-26-14-13-15-35(54)18-19-36(45(62)63)51-41(57)23-21-38(47(66)67)52-43(59)34-71-32-30-69-28-25-49-42(58)33-70-31-29-68-27-24-48-39(55)22-20-37(46(64)65)50-40(56)16-11-9-7-5-3-1-2-4-6-8-10-12-17-44(60)61/h36-38H,1-25,27-34H2,(H,48,55)(H,49,58)(H,50,56)(H,51,57)(H,52,59)(H,60,61)(H,62,63)(H,64,65)(H,66,67)/t36-,37-,38-/m0/s1. The highest BCUT2D eigenvalue weighted by atomic mass is 16.5. The molecule has 0 fully saturated rings. The van der Waals surface area contributed by atoms with Crippen LogP contribution >= 0.6 is 0 Å². The lowest BCUT2D eigenvalue weighted by atomic mass is 10.0. The molecule has 1 radical (unpaired) electrons. The molecule has 71 heavy (non-hydrogen) atoms. The van der Waals surface area contributed by atoms with Crippen LogP contribution in [-0.4, -0.2) is 170 Å². The van der Waals surface area contributed by atoms with Crippen LogP contribution in [0.5, 0.6) is 0 Å². The molecule has 0 aliphatic rings. The van der Waals surface area contributed by atoms with E-state index in [0.29, 0.717) is 6.42 Å². The van der Waals surface area contributed by atoms with Gasteiger partial charge in [-0.2, -0.15) is 0 Å². The van der Waals surface area contributed by atoms with Crippen LogP contribution in [0.1, 0.15) is 148 Å². The normalized spacial score (nSPS) is 12.2. The summed E-state index contributed by atoms with van der Waals surface area (Å²) in [5, 5.41) is 49.1. The number of unbranched alkanes of at least 4 members (excludes halogenated alkanes) is 12. The molecule has 0 aromatic heterocycles. The van der Waals surface area contributed by atoms with Crippen LogP contribution in [0.15, 0.2) is 0 Å². The highest BCUT2D eigenvalue weighted by Gasteiger charge is 2.25. The Kier molecular flexibility index (Phi) is 40.9. The SMILES string of the molecule is O=[C]CCCC(=O)CC[C@H](NC(=O)CC[C@H](NC(=O)COCCOCCNC(=O)COCCOCCNC(=O)CC[C@H](NC(=O)CCCCCCCCCCCCCCC(=O)O)C(=O)O)C(=O)O)C(=O)O. The molecule has 0 spiro atoms. The van der Waals surface area contributed by atoms with Crippen molar-refractivity contribution >= 4 is 65.5 Å². The van der Waals surface area contributed by atoms with E-state index in [4.69, 9.17) is 24.1 Å². The van der Waals surface area contributed by atoms with Gasteiger partial charge in [-0.15, -0.1) is 0 Å². The number of hydrogen-bond donors (Lipinski definition) is 9. The molecule has 0 unspecified atom stereocenters. The average molecular weight is 1020 g/mol. The van der Waals surface area contributed by atoms with Crippen molar-refractivity contribution in [2.75, 3.05) is 65.9 Å². The molecular weight excluding hydrogens is 939 g/mol. The molecule has 0 aromatic carbocycles. The number of ketones is 1. The van der Waals surface area contributed by atoms with Gasteiger partial charge in [-0.05, 0) is 38.5 Å². The summed E-state index contributed by atoms with van der Waals surface area (Å²) in [6.45, 7) is 0.00922. The van der Waals surface area contributed by atoms with Crippen molar-refractivity contribution in [1.82, 2.24) is 26.6 Å². The second-order valence-electron chi connectivity index (χ2n) is 16.7. The Morgan fingerprint density at radius 3 is 1.23 bits per heavy atom. The Balaban J connectivity index is 3.93. The van der Waals surface area contributed by atoms with Crippen LogP contribution in [0.25, 0.3) is 0 Å². The maximum Gasteiger partial charge on any atom is 0.326 e. The molecule has 0 saturated carbocycles. The number of aliphatic carboxylic acids is 4. The molecule has 0 bridgehead atoms. The van der Waals surface area contributed by atoms with Crippen LogP contribution < -0.4 is 26.6 Å². The van der Waals surface area contributed by atoms with Gasteiger partial charge in [-0.25, -0.2) is 14.4 Å². The summed E-state index contributed by atoms with van der Waals surface area (Å²) in [6.07, 6.45) is 13.3. The van der Waals surface area contributed by atoms with E-state index in [1.165, 1.54) is 0 Å². The number of carbonyl (C=O) groups is 10. The van der Waals surface area contributed by atoms with Crippen molar-refractivity contribution in [3.63, 3.8) is 0 Å². The lowest BCUT2D eigenvalue weighted by molar-refractivity contribution is -0.144. The molecule has 3 atom stereocenters. The average Bonchev–Trinajstić information content (AvgIpc) is 3.31. The van der Waals surface area contributed by atoms with Gasteiger partial charge >= 0.3 is 23.9 Å². The number of ether oxygens (including phenoxy) is 4. The summed E-state index contributed by atoms with van der Waals surface area (Å²) in [5.41, 5.74) is 0. The third-order valence-electron chi connectivity index (χ3n) is 10.6. The van der Waals surface area contributed by atoms with E-state index in [2.05, 4.69) is 26.6 Å². The second kappa shape index (κ2) is 44.4. The zero-order valence-electron chi connectivity index (χ0n) is 41.0. The van der Waals surface area contributed by atoms with Gasteiger partial charge < -0.3 is 66.0 Å². The summed E-state index contributed by atoms with van der Waals surface area (Å²) in [6, 6.07) is -4.04. The first-order chi connectivity index (χ1) is 34.0. The van der Waals surface area contributed by atoms with Gasteiger partial charge in [-0.1, -0.05) is 64.2 Å². The van der Waals surface area contributed by atoms with Crippen LogP contribution in [0, 0.1) is 0 Å². The fourth-order valence-corrected chi connectivity index (χ4v) is 6.64. The molecule has 0 aliphatic heterocycles. The number of carbonyl (C=O) groups excluding carboxylic acids is 7. The third kappa shape index (κ3) is 41.9. The number of amides is 5. The molecule has 24 heteroatoms. The first-order valence-electron chi connectivity index (χ1n) is 24.5. The molecule has 9 N–H and O–H groups in total. The summed E-state index contributed by atoms with van der Waals surface area (Å²) in [4.78, 5) is 128. The van der Waals surface area contributed by atoms with Crippen molar-refractivity contribution < 1.29 is 92.1 Å². The van der Waals surface area contributed by atoms with E-state index in [9.17, 15) is 68.1 Å². The van der Waals surface area contributed by atoms with Crippen molar-refractivity contribution in [3.05, 3.63) is 0 Å². The molecule has 0 aromatic rings. The van der Waals surface area contributed by atoms with Crippen LogP contribution in [0.2, 0.25) is 0 Å². The Bertz CT molecular complexity index is 1600. The van der Waals surface area contributed by atoms with Gasteiger partial charge in [0.25, 0.3) is 0 Å². The highest BCUT2D eigenvalue weighted by Crippen LogP contribution is 2.13. The number of hydrogen-bond acceptors (Lipinski definition) is 15. The predicted molar refractivity (Wildman–Crippen MR) is 253 cm³/mol. The number of Topliss-reactive ketones (excluding diaryl/α,β-unsaturated/α-hetero) is 1. The van der Waals surface area contributed by atoms with E-state index in [0.717, 1.165) is 70.6 Å². The first-order valence-corrected chi connectivity index (χ1v) is 24.5. The first kappa shape index (κ1) is 65.4. The Morgan fingerprint density at radius 2 is 0.761 bits per heavy atom. The largest absolute Gasteiger partial charge is 0.481 e. The number of nitrogens with one attached hydrogen (secondary N) is 5. The molecule has 0 saturated heterocycles. The molecule has 5 amide bonds. The monoisotopic (exact) mass is 1020 g/mol. The molecule has 405 valence electrons. The number of carboxylic acids is 4. The fraction of sp³-hybridized carbons (Fsp3) is 0.766. The van der Waals surface area contributed by atoms with Gasteiger partial charge in [0.1, 0.15) is 37.1 Å². The zero-order chi connectivity index (χ0) is 52.9. The highest BCUT2D eigenvalue weighted by molar-refractivity contribution is 5.87. The van der Waals surface area contributed by atoms with Crippen molar-refractivity contribution in [1.29, 1.82) is 0 Å². The van der Waals surface area contributed by atoms with Crippen molar-refractivity contribution in [2.45, 2.75) is 166 Å². The number of carboxylic acid groups (broad SMARTS) is 4. The van der Waals surface area contributed by atoms with Crippen molar-refractivity contribution in [2.24, 2.45) is 0 Å². The Morgan fingerprint density at radius 1 is 0.380 bits per heavy atom. The minimum absolute atomic E-state index is 0.0414. The van der Waals surface area contributed by atoms with Gasteiger partial charge in [-0.3, -0.25) is 38.4 Å².